The Kier molecular flexibility index (Phi) is 4.16. The number of amides is 1. The minimum atomic E-state index is -0.776. The van der Waals surface area contributed by atoms with E-state index in [1.165, 1.54) is 0 Å². The smallest absolute Gasteiger partial charge is 0.412 e. The van der Waals surface area contributed by atoms with Crippen molar-refractivity contribution in [2.45, 2.75) is 26.4 Å². The number of hydrogen-bond acceptors (Lipinski definition) is 3. The van der Waals surface area contributed by atoms with Crippen molar-refractivity contribution >= 4 is 35.0 Å². The van der Waals surface area contributed by atoms with Crippen LogP contribution in [0.4, 0.5) is 14.9 Å². The molecule has 0 aliphatic heterocycles. The third-order valence-corrected chi connectivity index (χ3v) is 2.08. The summed E-state index contributed by atoms with van der Waals surface area (Å²) in [5.74, 6) is -0.776. The zero-order valence-corrected chi connectivity index (χ0v) is 11.0. The Morgan fingerprint density at radius 1 is 1.41 bits per heavy atom. The van der Waals surface area contributed by atoms with Gasteiger partial charge in [0, 0.05) is 6.07 Å². The van der Waals surface area contributed by atoms with Crippen LogP contribution in [0.1, 0.15) is 20.8 Å². The highest BCUT2D eigenvalue weighted by molar-refractivity contribution is 6.34. The number of anilines is 1. The van der Waals surface area contributed by atoms with Gasteiger partial charge in [-0.25, -0.2) is 14.2 Å². The maximum atomic E-state index is 13.1. The van der Waals surface area contributed by atoms with E-state index in [0.717, 1.165) is 6.07 Å². The first kappa shape index (κ1) is 14.0. The molecule has 1 aromatic rings. The van der Waals surface area contributed by atoms with Crippen LogP contribution in [0.25, 0.3) is 0 Å². The Balaban J connectivity index is 2.82. The number of nitrogens with zero attached hydrogens (tertiary/aromatic N) is 1. The van der Waals surface area contributed by atoms with Gasteiger partial charge in [0.05, 0.1) is 5.69 Å². The van der Waals surface area contributed by atoms with Gasteiger partial charge in [-0.15, -0.1) is 0 Å². The van der Waals surface area contributed by atoms with Crippen molar-refractivity contribution in [1.82, 2.24) is 4.98 Å². The van der Waals surface area contributed by atoms with E-state index in [9.17, 15) is 9.18 Å². The molecule has 0 aliphatic rings. The van der Waals surface area contributed by atoms with E-state index in [-0.39, 0.29) is 16.0 Å². The number of carbonyl (C=O) groups excluding carboxylic acids is 1. The molecule has 1 N–H and O–H groups in total. The summed E-state index contributed by atoms with van der Waals surface area (Å²) < 4.78 is 18.1. The van der Waals surface area contributed by atoms with Crippen LogP contribution in [0.3, 0.4) is 0 Å². The zero-order valence-electron chi connectivity index (χ0n) is 9.47. The fourth-order valence-electron chi connectivity index (χ4n) is 0.947. The van der Waals surface area contributed by atoms with Gasteiger partial charge >= 0.3 is 6.09 Å². The van der Waals surface area contributed by atoms with Crippen molar-refractivity contribution in [2.75, 3.05) is 5.32 Å². The Morgan fingerprint density at radius 3 is 2.53 bits per heavy atom. The zero-order chi connectivity index (χ0) is 13.2. The predicted octanol–water partition coefficient (Wildman–Crippen LogP) is 3.87. The van der Waals surface area contributed by atoms with Gasteiger partial charge in [-0.05, 0) is 20.8 Å². The van der Waals surface area contributed by atoms with E-state index in [1.54, 1.807) is 20.8 Å². The second kappa shape index (κ2) is 5.06. The molecule has 0 bridgehead atoms. The first-order valence-corrected chi connectivity index (χ1v) is 5.46. The van der Waals surface area contributed by atoms with E-state index >= 15 is 0 Å². The first-order chi connectivity index (χ1) is 7.69. The molecule has 0 aliphatic carbocycles. The summed E-state index contributed by atoms with van der Waals surface area (Å²) in [6.07, 6.45) is -0.747. The largest absolute Gasteiger partial charge is 0.444 e. The lowest BCUT2D eigenvalue weighted by Crippen LogP contribution is -2.27. The maximum absolute atomic E-state index is 13.1. The van der Waals surface area contributed by atoms with Crippen molar-refractivity contribution in [3.8, 4) is 0 Å². The average Bonchev–Trinajstić information content (AvgIpc) is 2.11. The molecule has 1 heterocycles. The molecule has 1 aromatic heterocycles. The highest BCUT2D eigenvalue weighted by Crippen LogP contribution is 2.25. The molecule has 7 heteroatoms. The Hall–Kier alpha value is -1.07. The highest BCUT2D eigenvalue weighted by atomic mass is 35.5. The van der Waals surface area contributed by atoms with Gasteiger partial charge in [0.25, 0.3) is 0 Å². The summed E-state index contributed by atoms with van der Waals surface area (Å²) in [5.41, 5.74) is -0.655. The third-order valence-electron chi connectivity index (χ3n) is 1.52. The van der Waals surface area contributed by atoms with Crippen LogP contribution >= 0.6 is 23.2 Å². The number of halogens is 3. The number of pyridine rings is 1. The molecule has 4 nitrogen and oxygen atoms in total. The number of nitrogens with one attached hydrogen (secondary N) is 1. The molecule has 0 atom stereocenters. The number of carbonyl (C=O) groups is 1. The fraction of sp³-hybridized carbons (Fsp3) is 0.400. The van der Waals surface area contributed by atoms with Crippen molar-refractivity contribution in [1.29, 1.82) is 0 Å². The third kappa shape index (κ3) is 4.36. The highest BCUT2D eigenvalue weighted by Gasteiger charge is 2.18. The summed E-state index contributed by atoms with van der Waals surface area (Å²) >= 11 is 11.1. The molecule has 0 fully saturated rings. The van der Waals surface area contributed by atoms with Crippen LogP contribution in [0.5, 0.6) is 0 Å². The van der Waals surface area contributed by atoms with Gasteiger partial charge in [-0.2, -0.15) is 0 Å². The van der Waals surface area contributed by atoms with Gasteiger partial charge < -0.3 is 4.74 Å². The summed E-state index contributed by atoms with van der Waals surface area (Å²) in [7, 11) is 0. The monoisotopic (exact) mass is 280 g/mol. The molecule has 1 amide bonds. The second-order valence-corrected chi connectivity index (χ2v) is 4.94. The summed E-state index contributed by atoms with van der Waals surface area (Å²) in [5, 5.41) is 1.81. The molecule has 0 unspecified atom stereocenters. The Morgan fingerprint density at radius 2 is 2.00 bits per heavy atom. The SMILES string of the molecule is CC(C)(C)OC(=O)Nc1cc(F)c(Cl)nc1Cl. The van der Waals surface area contributed by atoms with E-state index in [0.29, 0.717) is 0 Å². The number of ether oxygens (including phenoxy) is 1. The topological polar surface area (TPSA) is 51.2 Å². The number of aromatic nitrogens is 1. The lowest BCUT2D eigenvalue weighted by atomic mass is 10.2. The molecule has 94 valence electrons. The molecule has 0 spiro atoms. The van der Waals surface area contributed by atoms with E-state index in [4.69, 9.17) is 27.9 Å². The molecule has 0 radical (unpaired) electrons. The average molecular weight is 281 g/mol. The van der Waals surface area contributed by atoms with Crippen molar-refractivity contribution in [2.24, 2.45) is 0 Å². The summed E-state index contributed by atoms with van der Waals surface area (Å²) in [4.78, 5) is 14.9. The van der Waals surface area contributed by atoms with Crippen molar-refractivity contribution in [3.05, 3.63) is 22.2 Å². The van der Waals surface area contributed by atoms with Gasteiger partial charge in [0.2, 0.25) is 0 Å². The summed E-state index contributed by atoms with van der Waals surface area (Å²) in [6, 6.07) is 0.974. The van der Waals surface area contributed by atoms with Crippen LogP contribution in [-0.4, -0.2) is 16.7 Å². The van der Waals surface area contributed by atoms with Gasteiger partial charge in [-0.1, -0.05) is 23.2 Å². The van der Waals surface area contributed by atoms with Crippen LogP contribution in [0, 0.1) is 5.82 Å². The quantitative estimate of drug-likeness (QED) is 0.795. The normalized spacial score (nSPS) is 11.2. The number of hydrogen-bond donors (Lipinski definition) is 1. The molecule has 0 aromatic carbocycles. The molecule has 1 rings (SSSR count). The maximum Gasteiger partial charge on any atom is 0.412 e. The van der Waals surface area contributed by atoms with E-state index in [1.807, 2.05) is 0 Å². The van der Waals surface area contributed by atoms with Gasteiger partial charge in [0.15, 0.2) is 16.1 Å². The summed E-state index contributed by atoms with van der Waals surface area (Å²) in [6.45, 7) is 5.11. The molecular weight excluding hydrogens is 270 g/mol. The fourth-order valence-corrected chi connectivity index (χ4v) is 1.32. The minimum absolute atomic E-state index is 0.00261. The van der Waals surface area contributed by atoms with Crippen molar-refractivity contribution < 1.29 is 13.9 Å². The molecule has 0 saturated heterocycles. The molecular formula is C10H11Cl2FN2O2. The van der Waals surface area contributed by atoms with Gasteiger partial charge in [0.1, 0.15) is 5.60 Å². The molecule has 17 heavy (non-hydrogen) atoms. The van der Waals surface area contributed by atoms with Gasteiger partial charge in [-0.3, -0.25) is 5.32 Å². The minimum Gasteiger partial charge on any atom is -0.444 e. The van der Waals surface area contributed by atoms with Crippen molar-refractivity contribution in [3.63, 3.8) is 0 Å². The Labute approximate surface area is 108 Å². The van der Waals surface area contributed by atoms with E-state index < -0.39 is 17.5 Å². The van der Waals surface area contributed by atoms with Crippen LogP contribution in [0.15, 0.2) is 6.07 Å². The Bertz CT molecular complexity index is 447. The molecule has 0 saturated carbocycles. The first-order valence-electron chi connectivity index (χ1n) is 4.70. The van der Waals surface area contributed by atoms with Crippen LogP contribution in [-0.2, 0) is 4.74 Å². The predicted molar refractivity (Wildman–Crippen MR) is 64.1 cm³/mol. The number of rotatable bonds is 1. The lowest BCUT2D eigenvalue weighted by molar-refractivity contribution is 0.0636. The van der Waals surface area contributed by atoms with Crippen LogP contribution in [0.2, 0.25) is 10.3 Å². The standard InChI is InChI=1S/C10H11Cl2FN2O2/c1-10(2,3)17-9(16)14-6-4-5(13)7(11)15-8(6)12/h4H,1-3H3,(H,14,16). The lowest BCUT2D eigenvalue weighted by Gasteiger charge is -2.19. The van der Waals surface area contributed by atoms with E-state index in [2.05, 4.69) is 10.3 Å². The van der Waals surface area contributed by atoms with Crippen LogP contribution < -0.4 is 5.32 Å². The second-order valence-electron chi connectivity index (χ2n) is 4.23.